The highest BCUT2D eigenvalue weighted by Crippen LogP contribution is 2.14. The number of unbranched alkanes of at least 4 members (excludes halogenated alkanes) is 15. The molecule has 10 nitrogen and oxygen atoms in total. The number of rotatable bonds is 32. The first kappa shape index (κ1) is 39.7. The van der Waals surface area contributed by atoms with Crippen molar-refractivity contribution in [2.24, 2.45) is 0 Å². The topological polar surface area (TPSA) is 148 Å². The summed E-state index contributed by atoms with van der Waals surface area (Å²) in [6.07, 6.45) is 20.3. The normalized spacial score (nSPS) is 11.6. The largest absolute Gasteiger partial charge is 0.481 e. The summed E-state index contributed by atoms with van der Waals surface area (Å²) in [5.74, 6) is -1.08. The minimum Gasteiger partial charge on any atom is -0.481 e. The number of ether oxygens (including phenoxy) is 2. The first-order valence-electron chi connectivity index (χ1n) is 16.2. The number of hydrogen-bond acceptors (Lipinski definition) is 7. The summed E-state index contributed by atoms with van der Waals surface area (Å²) in [6.45, 7) is 2.84. The molecule has 0 aliphatic heterocycles. The lowest BCUT2D eigenvalue weighted by atomic mass is 10.0. The molecule has 1 unspecified atom stereocenters. The highest BCUT2D eigenvalue weighted by molar-refractivity contribution is 5.80. The monoisotopic (exact) mass is 598 g/mol. The molecular weight excluding hydrogens is 540 g/mol. The van der Waals surface area contributed by atoms with E-state index in [1.165, 1.54) is 71.1 Å². The van der Waals surface area contributed by atoms with Crippen molar-refractivity contribution in [1.82, 2.24) is 10.6 Å². The molecule has 0 aromatic rings. The molecule has 0 spiro atoms. The van der Waals surface area contributed by atoms with E-state index in [-0.39, 0.29) is 37.0 Å². The van der Waals surface area contributed by atoms with Gasteiger partial charge in [-0.25, -0.2) is 0 Å². The van der Waals surface area contributed by atoms with E-state index in [1.54, 1.807) is 0 Å². The van der Waals surface area contributed by atoms with E-state index in [1.807, 2.05) is 0 Å². The molecule has 0 aromatic heterocycles. The van der Waals surface area contributed by atoms with Gasteiger partial charge in [-0.2, -0.15) is 0 Å². The average Bonchev–Trinajstić information content (AvgIpc) is 2.95. The number of carboxylic acids is 1. The summed E-state index contributed by atoms with van der Waals surface area (Å²) in [4.78, 5) is 56.6. The third-order valence-corrected chi connectivity index (χ3v) is 6.98. The fraction of sp³-hybridized carbons (Fsp3) is 0.844. The van der Waals surface area contributed by atoms with Crippen molar-refractivity contribution in [2.45, 2.75) is 141 Å². The fourth-order valence-corrected chi connectivity index (χ4v) is 4.56. The number of nitrogens with one attached hydrogen (secondary N) is 2. The van der Waals surface area contributed by atoms with E-state index in [2.05, 4.69) is 10.6 Å². The predicted molar refractivity (Wildman–Crippen MR) is 163 cm³/mol. The van der Waals surface area contributed by atoms with Crippen LogP contribution in [-0.4, -0.2) is 74.0 Å². The molecule has 1 atom stereocenters. The molecule has 42 heavy (non-hydrogen) atoms. The van der Waals surface area contributed by atoms with Crippen molar-refractivity contribution in [3.8, 4) is 0 Å². The molecule has 0 heterocycles. The Labute approximate surface area is 253 Å². The average molecular weight is 599 g/mol. The Morgan fingerprint density at radius 1 is 0.643 bits per heavy atom. The van der Waals surface area contributed by atoms with Crippen molar-refractivity contribution in [1.29, 1.82) is 0 Å². The van der Waals surface area contributed by atoms with Gasteiger partial charge in [0.15, 0.2) is 5.78 Å². The van der Waals surface area contributed by atoms with Crippen LogP contribution in [0.1, 0.15) is 135 Å². The van der Waals surface area contributed by atoms with E-state index in [0.717, 1.165) is 38.5 Å². The number of carboxylic acid groups (broad SMARTS) is 1. The third-order valence-electron chi connectivity index (χ3n) is 6.98. The van der Waals surface area contributed by atoms with Crippen LogP contribution in [0.5, 0.6) is 0 Å². The molecule has 0 fully saturated rings. The molecule has 0 rings (SSSR count). The standard InChI is InChI=1S/C32H58N2O8/c1-28(36)27-42-25-24-41-23-22-33-30(37)21-20-29(26-35)34-31(38)18-16-14-12-10-8-6-4-2-3-5-7-9-11-13-15-17-19-32(39)40/h26,29H,2-25,27H2,1H3,(H,33,37)(H,34,38)(H,39,40). The van der Waals surface area contributed by atoms with Gasteiger partial charge in [0.25, 0.3) is 0 Å². The first-order chi connectivity index (χ1) is 20.3. The molecule has 0 saturated carbocycles. The van der Waals surface area contributed by atoms with Crippen molar-refractivity contribution >= 4 is 29.9 Å². The summed E-state index contributed by atoms with van der Waals surface area (Å²) >= 11 is 0. The summed E-state index contributed by atoms with van der Waals surface area (Å²) < 4.78 is 10.4. The molecule has 10 heteroatoms. The van der Waals surface area contributed by atoms with Crippen molar-refractivity contribution in [3.63, 3.8) is 0 Å². The molecule has 244 valence electrons. The third kappa shape index (κ3) is 30.6. The number of ketones is 1. The summed E-state index contributed by atoms with van der Waals surface area (Å²) in [6, 6.07) is -0.659. The first-order valence-corrected chi connectivity index (χ1v) is 16.2. The Morgan fingerprint density at radius 3 is 1.60 bits per heavy atom. The van der Waals surface area contributed by atoms with Gasteiger partial charge in [-0.05, 0) is 26.2 Å². The molecule has 0 bridgehead atoms. The Morgan fingerprint density at radius 2 is 1.12 bits per heavy atom. The van der Waals surface area contributed by atoms with Crippen LogP contribution < -0.4 is 10.6 Å². The van der Waals surface area contributed by atoms with Crippen LogP contribution in [0.15, 0.2) is 0 Å². The van der Waals surface area contributed by atoms with Gasteiger partial charge in [0.2, 0.25) is 11.8 Å². The van der Waals surface area contributed by atoms with Gasteiger partial charge in [-0.3, -0.25) is 19.2 Å². The van der Waals surface area contributed by atoms with Crippen LogP contribution in [0.25, 0.3) is 0 Å². The van der Waals surface area contributed by atoms with Gasteiger partial charge in [0.1, 0.15) is 12.9 Å². The maximum atomic E-state index is 12.2. The van der Waals surface area contributed by atoms with Crippen LogP contribution in [0.3, 0.4) is 0 Å². The minimum atomic E-state index is -0.690. The highest BCUT2D eigenvalue weighted by Gasteiger charge is 2.13. The van der Waals surface area contributed by atoms with Gasteiger partial charge >= 0.3 is 5.97 Å². The molecular formula is C32H58N2O8. The highest BCUT2D eigenvalue weighted by atomic mass is 16.5. The van der Waals surface area contributed by atoms with Crippen molar-refractivity contribution in [2.75, 3.05) is 33.0 Å². The summed E-state index contributed by atoms with van der Waals surface area (Å²) in [5, 5.41) is 14.0. The minimum absolute atomic E-state index is 0.0423. The number of carbonyl (C=O) groups excluding carboxylic acids is 4. The molecule has 0 aliphatic rings. The van der Waals surface area contributed by atoms with E-state index < -0.39 is 12.0 Å². The predicted octanol–water partition coefficient (Wildman–Crippen LogP) is 5.30. The second kappa shape index (κ2) is 30.1. The van der Waals surface area contributed by atoms with Gasteiger partial charge in [-0.1, -0.05) is 89.9 Å². The second-order valence-corrected chi connectivity index (χ2v) is 11.1. The zero-order valence-corrected chi connectivity index (χ0v) is 26.1. The smallest absolute Gasteiger partial charge is 0.303 e. The van der Waals surface area contributed by atoms with E-state index >= 15 is 0 Å². The maximum Gasteiger partial charge on any atom is 0.303 e. The van der Waals surface area contributed by atoms with Crippen LogP contribution >= 0.6 is 0 Å². The number of amides is 2. The molecule has 3 N–H and O–H groups in total. The molecule has 0 saturated heterocycles. The van der Waals surface area contributed by atoms with Gasteiger partial charge < -0.3 is 30.0 Å². The number of Topliss-reactive ketones (excluding diaryl/α,β-unsaturated/α-hetero) is 1. The van der Waals surface area contributed by atoms with Crippen molar-refractivity contribution < 1.29 is 38.6 Å². The Hall–Kier alpha value is -2.33. The van der Waals surface area contributed by atoms with Gasteiger partial charge in [0.05, 0.1) is 25.9 Å². The number of hydrogen-bond donors (Lipinski definition) is 3. The summed E-state index contributed by atoms with van der Waals surface area (Å²) in [5.41, 5.74) is 0. The number of aldehydes is 1. The molecule has 0 aromatic carbocycles. The fourth-order valence-electron chi connectivity index (χ4n) is 4.56. The number of aliphatic carboxylic acids is 1. The summed E-state index contributed by atoms with van der Waals surface area (Å²) in [7, 11) is 0. The lowest BCUT2D eigenvalue weighted by Gasteiger charge is -2.13. The Kier molecular flexibility index (Phi) is 28.5. The zero-order valence-electron chi connectivity index (χ0n) is 26.1. The quantitative estimate of drug-likeness (QED) is 0.0698. The molecule has 2 amide bonds. The second-order valence-electron chi connectivity index (χ2n) is 11.1. The lowest BCUT2D eigenvalue weighted by Crippen LogP contribution is -2.37. The number of carbonyl (C=O) groups is 5. The van der Waals surface area contributed by atoms with E-state index in [9.17, 15) is 24.0 Å². The van der Waals surface area contributed by atoms with Crippen LogP contribution in [0.2, 0.25) is 0 Å². The van der Waals surface area contributed by atoms with Gasteiger partial charge in [0, 0.05) is 25.8 Å². The van der Waals surface area contributed by atoms with Crippen LogP contribution in [0, 0.1) is 0 Å². The van der Waals surface area contributed by atoms with E-state index in [0.29, 0.717) is 45.5 Å². The molecule has 0 radical (unpaired) electrons. The van der Waals surface area contributed by atoms with Crippen LogP contribution in [-0.2, 0) is 33.4 Å². The SMILES string of the molecule is CC(=O)COCCOCCNC(=O)CCC(C=O)NC(=O)CCCCCCCCCCCCCCCCCCC(=O)O. The van der Waals surface area contributed by atoms with Gasteiger partial charge in [-0.15, -0.1) is 0 Å². The Balaban J connectivity index is 3.50. The van der Waals surface area contributed by atoms with Crippen LogP contribution in [0.4, 0.5) is 0 Å². The Bertz CT molecular complexity index is 717. The van der Waals surface area contributed by atoms with E-state index in [4.69, 9.17) is 14.6 Å². The lowest BCUT2D eigenvalue weighted by molar-refractivity contribution is -0.137. The van der Waals surface area contributed by atoms with Crippen molar-refractivity contribution in [3.05, 3.63) is 0 Å². The maximum absolute atomic E-state index is 12.2. The molecule has 0 aliphatic carbocycles. The zero-order chi connectivity index (χ0) is 31.1.